The Bertz CT molecular complexity index is 859. The molecule has 29 heavy (non-hydrogen) atoms. The van der Waals surface area contributed by atoms with Gasteiger partial charge in [-0.1, -0.05) is 30.3 Å². The number of benzene rings is 1. The first-order chi connectivity index (χ1) is 13.9. The number of nitriles is 1. The first kappa shape index (κ1) is 20.6. The lowest BCUT2D eigenvalue weighted by Gasteiger charge is -2.41. The Kier molecular flexibility index (Phi) is 6.32. The molecule has 3 amide bonds. The molecule has 3 atom stereocenters. The molecule has 1 aliphatic heterocycles. The van der Waals surface area contributed by atoms with Gasteiger partial charge in [0.05, 0.1) is 0 Å². The number of hydrogen-bond donors (Lipinski definition) is 1. The molecule has 0 bridgehead atoms. The van der Waals surface area contributed by atoms with Crippen molar-refractivity contribution < 1.29 is 14.4 Å². The fourth-order valence-electron chi connectivity index (χ4n) is 4.20. The van der Waals surface area contributed by atoms with E-state index < -0.39 is 0 Å². The molecule has 1 aromatic rings. The highest BCUT2D eigenvalue weighted by molar-refractivity contribution is 6.01. The highest BCUT2D eigenvalue weighted by atomic mass is 16.2. The molecular formula is C22H26N4O3. The zero-order valence-corrected chi connectivity index (χ0v) is 16.6. The smallest absolute Gasteiger partial charge is 0.264 e. The number of piperazine rings is 1. The van der Waals surface area contributed by atoms with Crippen LogP contribution in [-0.4, -0.2) is 53.2 Å². The summed E-state index contributed by atoms with van der Waals surface area (Å²) in [5.41, 5.74) is 6.26. The predicted molar refractivity (Wildman–Crippen MR) is 108 cm³/mol. The molecule has 0 aromatic heterocycles. The maximum atomic E-state index is 12.9. The van der Waals surface area contributed by atoms with Gasteiger partial charge in [-0.15, -0.1) is 0 Å². The summed E-state index contributed by atoms with van der Waals surface area (Å²) in [7, 11) is 0. The van der Waals surface area contributed by atoms with Gasteiger partial charge in [-0.25, -0.2) is 0 Å². The first-order valence-electron chi connectivity index (χ1n) is 9.96. The Labute approximate surface area is 170 Å². The fraction of sp³-hybridized carbons (Fsp3) is 0.455. The van der Waals surface area contributed by atoms with Gasteiger partial charge in [-0.3, -0.25) is 14.4 Å². The van der Waals surface area contributed by atoms with Gasteiger partial charge in [-0.05, 0) is 37.8 Å². The van der Waals surface area contributed by atoms with Crippen molar-refractivity contribution in [3.8, 4) is 6.07 Å². The normalized spacial score (nSPS) is 24.8. The second kappa shape index (κ2) is 8.91. The van der Waals surface area contributed by atoms with Crippen LogP contribution in [-0.2, 0) is 14.4 Å². The minimum Gasteiger partial charge on any atom is -0.369 e. The largest absolute Gasteiger partial charge is 0.369 e. The topological polar surface area (TPSA) is 108 Å². The van der Waals surface area contributed by atoms with Gasteiger partial charge in [0, 0.05) is 37.5 Å². The van der Waals surface area contributed by atoms with Crippen LogP contribution in [0.5, 0.6) is 0 Å². The number of amides is 3. The van der Waals surface area contributed by atoms with E-state index in [1.807, 2.05) is 43.3 Å². The second-order valence-electron chi connectivity index (χ2n) is 7.82. The van der Waals surface area contributed by atoms with Gasteiger partial charge < -0.3 is 15.5 Å². The maximum absolute atomic E-state index is 12.9. The van der Waals surface area contributed by atoms with Crippen LogP contribution in [0.2, 0.25) is 0 Å². The SMILES string of the molecule is C[C@@H]1CN(C(=O)/C(C#N)=C\c2ccccc2)CCN1C(=O)[C@@H]1CC[C@H](C(N)=O)C1. The highest BCUT2D eigenvalue weighted by Gasteiger charge is 2.38. The zero-order chi connectivity index (χ0) is 21.0. The second-order valence-corrected chi connectivity index (χ2v) is 7.82. The number of nitrogens with two attached hydrogens (primary N) is 1. The number of carbonyl (C=O) groups excluding carboxylic acids is 3. The Hall–Kier alpha value is -3.14. The highest BCUT2D eigenvalue weighted by Crippen LogP contribution is 2.33. The lowest BCUT2D eigenvalue weighted by Crippen LogP contribution is -2.56. The van der Waals surface area contributed by atoms with Crippen molar-refractivity contribution in [1.29, 1.82) is 5.26 Å². The molecule has 1 aliphatic carbocycles. The summed E-state index contributed by atoms with van der Waals surface area (Å²) in [6.07, 6.45) is 3.44. The van der Waals surface area contributed by atoms with E-state index in [-0.39, 0.29) is 41.2 Å². The first-order valence-corrected chi connectivity index (χ1v) is 9.96. The molecule has 1 heterocycles. The molecule has 2 fully saturated rings. The average Bonchev–Trinajstić information content (AvgIpc) is 3.22. The average molecular weight is 394 g/mol. The fourth-order valence-corrected chi connectivity index (χ4v) is 4.20. The summed E-state index contributed by atoms with van der Waals surface area (Å²) in [6, 6.07) is 11.1. The van der Waals surface area contributed by atoms with Gasteiger partial charge in [0.2, 0.25) is 11.8 Å². The molecule has 2 N–H and O–H groups in total. The van der Waals surface area contributed by atoms with Crippen molar-refractivity contribution in [3.63, 3.8) is 0 Å². The zero-order valence-electron chi connectivity index (χ0n) is 16.6. The van der Waals surface area contributed by atoms with Crippen molar-refractivity contribution in [3.05, 3.63) is 41.5 Å². The quantitative estimate of drug-likeness (QED) is 0.617. The summed E-state index contributed by atoms with van der Waals surface area (Å²) < 4.78 is 0. The number of hydrogen-bond acceptors (Lipinski definition) is 4. The van der Waals surface area contributed by atoms with Crippen molar-refractivity contribution in [2.24, 2.45) is 17.6 Å². The number of carbonyl (C=O) groups is 3. The summed E-state index contributed by atoms with van der Waals surface area (Å²) in [6.45, 7) is 3.09. The van der Waals surface area contributed by atoms with Crippen LogP contribution in [0, 0.1) is 23.2 Å². The van der Waals surface area contributed by atoms with Gasteiger partial charge >= 0.3 is 0 Å². The van der Waals surface area contributed by atoms with E-state index in [1.54, 1.807) is 15.9 Å². The number of nitrogens with zero attached hydrogens (tertiary/aromatic N) is 3. The molecule has 1 aromatic carbocycles. The third kappa shape index (κ3) is 4.65. The van der Waals surface area contributed by atoms with Crippen LogP contribution < -0.4 is 5.73 Å². The van der Waals surface area contributed by atoms with Crippen LogP contribution in [0.15, 0.2) is 35.9 Å². The summed E-state index contributed by atoms with van der Waals surface area (Å²) >= 11 is 0. The van der Waals surface area contributed by atoms with Crippen molar-refractivity contribution in [2.45, 2.75) is 32.2 Å². The standard InChI is InChI=1S/C22H26N4O3/c1-15-14-25(21(28)19(13-23)11-16-5-3-2-4-6-16)9-10-26(15)22(29)18-8-7-17(12-18)20(24)27/h2-6,11,15,17-18H,7-10,12,14H2,1H3,(H2,24,27)/b19-11-/t15-,17+,18-/m1/s1. The van der Waals surface area contributed by atoms with Gasteiger partial charge in [0.1, 0.15) is 11.6 Å². The molecular weight excluding hydrogens is 368 g/mol. The van der Waals surface area contributed by atoms with Gasteiger partial charge in [-0.2, -0.15) is 5.26 Å². The predicted octanol–water partition coefficient (Wildman–Crippen LogP) is 1.55. The molecule has 0 unspecified atom stereocenters. The maximum Gasteiger partial charge on any atom is 0.264 e. The van der Waals surface area contributed by atoms with Crippen molar-refractivity contribution >= 4 is 23.8 Å². The Morgan fingerprint density at radius 3 is 2.41 bits per heavy atom. The van der Waals surface area contributed by atoms with Crippen LogP contribution >= 0.6 is 0 Å². The minimum absolute atomic E-state index is 0.0358. The molecule has 2 aliphatic rings. The van der Waals surface area contributed by atoms with E-state index in [0.717, 1.165) is 5.56 Å². The molecule has 1 saturated heterocycles. The molecule has 0 radical (unpaired) electrons. The van der Waals surface area contributed by atoms with Crippen LogP contribution in [0.1, 0.15) is 31.7 Å². The molecule has 3 rings (SSSR count). The summed E-state index contributed by atoms with van der Waals surface area (Å²) in [5.74, 6) is -1.01. The number of rotatable bonds is 4. The monoisotopic (exact) mass is 394 g/mol. The minimum atomic E-state index is -0.335. The summed E-state index contributed by atoms with van der Waals surface area (Å²) in [5, 5.41) is 9.44. The Morgan fingerprint density at radius 2 is 1.83 bits per heavy atom. The molecule has 152 valence electrons. The lowest BCUT2D eigenvalue weighted by molar-refractivity contribution is -0.143. The van der Waals surface area contributed by atoms with Crippen LogP contribution in [0.3, 0.4) is 0 Å². The van der Waals surface area contributed by atoms with E-state index in [4.69, 9.17) is 5.73 Å². The van der Waals surface area contributed by atoms with E-state index in [2.05, 4.69) is 0 Å². The van der Waals surface area contributed by atoms with Crippen LogP contribution in [0.4, 0.5) is 0 Å². The Balaban J connectivity index is 1.63. The summed E-state index contributed by atoms with van der Waals surface area (Å²) in [4.78, 5) is 40.5. The third-order valence-electron chi connectivity index (χ3n) is 5.84. The third-order valence-corrected chi connectivity index (χ3v) is 5.84. The van der Waals surface area contributed by atoms with Crippen LogP contribution in [0.25, 0.3) is 6.08 Å². The Morgan fingerprint density at radius 1 is 1.14 bits per heavy atom. The molecule has 7 heteroatoms. The van der Waals surface area contributed by atoms with E-state index in [0.29, 0.717) is 38.9 Å². The van der Waals surface area contributed by atoms with E-state index in [1.165, 1.54) is 0 Å². The van der Waals surface area contributed by atoms with Crippen molar-refractivity contribution in [2.75, 3.05) is 19.6 Å². The van der Waals surface area contributed by atoms with E-state index in [9.17, 15) is 19.6 Å². The van der Waals surface area contributed by atoms with Gasteiger partial charge in [0.15, 0.2) is 0 Å². The lowest BCUT2D eigenvalue weighted by atomic mass is 10.0. The van der Waals surface area contributed by atoms with Gasteiger partial charge in [0.25, 0.3) is 5.91 Å². The molecule has 7 nitrogen and oxygen atoms in total. The van der Waals surface area contributed by atoms with Crippen molar-refractivity contribution in [1.82, 2.24) is 9.80 Å². The number of primary amides is 1. The molecule has 0 spiro atoms. The molecule has 1 saturated carbocycles. The van der Waals surface area contributed by atoms with E-state index >= 15 is 0 Å².